The summed E-state index contributed by atoms with van der Waals surface area (Å²) in [5.74, 6) is 0. The highest BCUT2D eigenvalue weighted by Crippen LogP contribution is 2.36. The van der Waals surface area contributed by atoms with E-state index in [4.69, 9.17) is 61.6 Å². The molecular weight excluding hydrogens is 908 g/mol. The predicted octanol–water partition coefficient (Wildman–Crippen LogP) is -11.1. The Morgan fingerprint density at radius 3 is 1.09 bits per heavy atom. The van der Waals surface area contributed by atoms with E-state index in [1.54, 1.807) is 0 Å². The van der Waals surface area contributed by atoms with Crippen LogP contribution >= 0.6 is 0 Å². The van der Waals surface area contributed by atoms with Gasteiger partial charge >= 0.3 is 0 Å². The van der Waals surface area contributed by atoms with Gasteiger partial charge in [0, 0.05) is 14.2 Å². The summed E-state index contributed by atoms with van der Waals surface area (Å²) in [7, 11) is 2.33. The van der Waals surface area contributed by atoms with Gasteiger partial charge in [0.25, 0.3) is 0 Å². The molecule has 6 aliphatic rings. The van der Waals surface area contributed by atoms with Crippen molar-refractivity contribution in [2.75, 3.05) is 47.3 Å². The summed E-state index contributed by atoms with van der Waals surface area (Å²) >= 11 is 0. The van der Waals surface area contributed by atoms with Gasteiger partial charge in [0.15, 0.2) is 37.7 Å². The Kier molecular flexibility index (Phi) is 19.2. The number of aliphatic hydroxyl groups excluding tert-OH is 16. The van der Waals surface area contributed by atoms with Crippen LogP contribution in [0.5, 0.6) is 0 Å². The molecule has 6 saturated heterocycles. The third-order valence-electron chi connectivity index (χ3n) is 12.5. The number of hydrogen-bond acceptors (Lipinski definition) is 29. The molecule has 16 N–H and O–H groups in total. The monoisotopic (exact) mass is 972 g/mol. The number of methoxy groups -OCH3 is 2. The molecule has 0 bridgehead atoms. The minimum Gasteiger partial charge on any atom is -0.394 e. The van der Waals surface area contributed by atoms with Gasteiger partial charge in [-0.1, -0.05) is 0 Å². The number of aliphatic hydroxyl groups is 16. The van der Waals surface area contributed by atoms with Gasteiger partial charge < -0.3 is 143 Å². The zero-order valence-corrected chi connectivity index (χ0v) is 35.7. The summed E-state index contributed by atoms with van der Waals surface area (Å²) < 4.78 is 72.0. The Morgan fingerprint density at radius 1 is 0.364 bits per heavy atom. The highest BCUT2D eigenvalue weighted by Gasteiger charge is 2.56. The molecule has 29 heteroatoms. The van der Waals surface area contributed by atoms with Crippen molar-refractivity contribution in [2.24, 2.45) is 0 Å². The molecule has 6 heterocycles. The van der Waals surface area contributed by atoms with E-state index in [-0.39, 0.29) is 0 Å². The second kappa shape index (κ2) is 23.4. The maximum atomic E-state index is 11.4. The molecule has 29 nitrogen and oxygen atoms in total. The van der Waals surface area contributed by atoms with Crippen molar-refractivity contribution in [3.8, 4) is 0 Å². The molecule has 6 fully saturated rings. The van der Waals surface area contributed by atoms with Crippen LogP contribution in [-0.2, 0) is 61.6 Å². The first-order valence-electron chi connectivity index (χ1n) is 21.2. The van der Waals surface area contributed by atoms with E-state index in [9.17, 15) is 81.7 Å². The number of rotatable bonds is 16. The molecule has 66 heavy (non-hydrogen) atoms. The first-order chi connectivity index (χ1) is 31.3. The van der Waals surface area contributed by atoms with Crippen LogP contribution in [0.15, 0.2) is 0 Å². The average molecular weight is 973 g/mol. The fourth-order valence-electron chi connectivity index (χ4n) is 8.67. The highest BCUT2D eigenvalue weighted by atomic mass is 16.8. The third kappa shape index (κ3) is 11.0. The van der Waals surface area contributed by atoms with Crippen LogP contribution in [0.2, 0.25) is 0 Å². The fourth-order valence-corrected chi connectivity index (χ4v) is 8.67. The predicted molar refractivity (Wildman–Crippen MR) is 201 cm³/mol. The lowest BCUT2D eigenvalue weighted by atomic mass is 9.96. The van der Waals surface area contributed by atoms with Crippen LogP contribution in [-0.4, -0.2) is 307 Å². The minimum absolute atomic E-state index is 0.591. The molecule has 0 aromatic rings. The molecule has 0 amide bonds. The SMILES string of the molecule is CO[C@@H]1[C@@H](O)[C@H](O[C@@H]2[C@@H](O)[C@H](O[C@H]3[C@H](O)[C@@H](O)[C@H](O[C@@H]4[C@@H](O)[C@H](O[C@@H]5O[C@H](CO)[C@@H](O)[C@H](O[C@@H]6O[C@H](CO)[C@@H](O)[C@H](OC)[C@H]6O)[C@H]5O)CO[C@H]4O)O[C@@H]3C)O[C@H](CO)[C@H]2O)O[C@H](CO)[C@H]1O. The van der Waals surface area contributed by atoms with Gasteiger partial charge in [-0.05, 0) is 6.92 Å². The Balaban J connectivity index is 1.09. The van der Waals surface area contributed by atoms with Gasteiger partial charge in [-0.25, -0.2) is 0 Å². The smallest absolute Gasteiger partial charge is 0.187 e. The molecule has 0 radical (unpaired) electrons. The minimum atomic E-state index is -2.05. The van der Waals surface area contributed by atoms with Crippen LogP contribution < -0.4 is 0 Å². The molecule has 6 aliphatic heterocycles. The summed E-state index contributed by atoms with van der Waals surface area (Å²) in [6.07, 6.45) is -48.9. The van der Waals surface area contributed by atoms with E-state index < -0.39 is 211 Å². The normalized spacial score (nSPS) is 52.9. The van der Waals surface area contributed by atoms with Crippen LogP contribution in [0.25, 0.3) is 0 Å². The Morgan fingerprint density at radius 2 is 0.697 bits per heavy atom. The molecule has 0 aromatic carbocycles. The molecule has 6 rings (SSSR count). The zero-order valence-electron chi connectivity index (χ0n) is 35.7. The number of ether oxygens (including phenoxy) is 13. The van der Waals surface area contributed by atoms with E-state index in [0.717, 1.165) is 14.2 Å². The standard InChI is InChI=1S/C37H64O29/c1-9-26(63-37-25(52)30(18(45)13(7-41)61-37)65-36-23(50)28(55-3)16(43)11(5-39)60-36)20(47)21(48)33(57-9)66-31-19(46)14(8-56-32(31)53)62-34-24(51)29(17(44)12(6-40)58-34)64-35-22(49)27(54-2)15(42)10(4-38)59-35/h9-53H,4-8H2,1-3H3/t9-,10-,11-,12-,13-,14-,15-,16-,17-,18-,19+,20-,21-,22-,23-,24-,25-,26-,27+,28+,29+,30+,31-,32-,33+,34+,35+,36+,37+/m1/s1. The van der Waals surface area contributed by atoms with Crippen LogP contribution in [0, 0.1) is 0 Å². The van der Waals surface area contributed by atoms with Gasteiger partial charge in [0.1, 0.15) is 134 Å². The van der Waals surface area contributed by atoms with Gasteiger partial charge in [-0.15, -0.1) is 0 Å². The summed E-state index contributed by atoms with van der Waals surface area (Å²) in [6.45, 7) is -2.47. The molecule has 0 saturated carbocycles. The maximum Gasteiger partial charge on any atom is 0.187 e. The lowest BCUT2D eigenvalue weighted by molar-refractivity contribution is -0.392. The Hall–Kier alpha value is -1.16. The van der Waals surface area contributed by atoms with Gasteiger partial charge in [0.05, 0.1) is 39.1 Å². The van der Waals surface area contributed by atoms with Crippen molar-refractivity contribution < 1.29 is 143 Å². The molecule has 0 aromatic heterocycles. The van der Waals surface area contributed by atoms with Crippen molar-refractivity contribution in [1.82, 2.24) is 0 Å². The molecule has 29 atom stereocenters. The van der Waals surface area contributed by atoms with E-state index in [1.807, 2.05) is 0 Å². The maximum absolute atomic E-state index is 11.4. The topological polar surface area (TPSA) is 444 Å². The summed E-state index contributed by atoms with van der Waals surface area (Å²) in [5.41, 5.74) is 0. The molecule has 0 spiro atoms. The van der Waals surface area contributed by atoms with Crippen LogP contribution in [0.3, 0.4) is 0 Å². The summed E-state index contributed by atoms with van der Waals surface area (Å²) in [6, 6.07) is 0. The second-order valence-electron chi connectivity index (χ2n) is 16.7. The Labute approximate surface area is 375 Å². The lowest BCUT2D eigenvalue weighted by Gasteiger charge is -2.49. The first-order valence-corrected chi connectivity index (χ1v) is 21.2. The molecule has 0 aliphatic carbocycles. The van der Waals surface area contributed by atoms with Crippen molar-refractivity contribution in [3.05, 3.63) is 0 Å². The lowest BCUT2D eigenvalue weighted by Crippen LogP contribution is -2.67. The average Bonchev–Trinajstić information content (AvgIpc) is 3.29. The van der Waals surface area contributed by atoms with Gasteiger partial charge in [0.2, 0.25) is 0 Å². The fraction of sp³-hybridized carbons (Fsp3) is 1.00. The van der Waals surface area contributed by atoms with Crippen LogP contribution in [0.1, 0.15) is 6.92 Å². The highest BCUT2D eigenvalue weighted by molar-refractivity contribution is 4.99. The van der Waals surface area contributed by atoms with E-state index in [1.165, 1.54) is 6.92 Å². The van der Waals surface area contributed by atoms with E-state index in [0.29, 0.717) is 0 Å². The zero-order chi connectivity index (χ0) is 48.5. The molecular formula is C37H64O29. The molecule has 386 valence electrons. The van der Waals surface area contributed by atoms with Gasteiger partial charge in [-0.3, -0.25) is 0 Å². The summed E-state index contributed by atoms with van der Waals surface area (Å²) in [4.78, 5) is 0. The number of hydrogen-bond donors (Lipinski definition) is 16. The third-order valence-corrected chi connectivity index (χ3v) is 12.5. The molecule has 0 unspecified atom stereocenters. The first kappa shape index (κ1) is 54.2. The second-order valence-corrected chi connectivity index (χ2v) is 16.7. The van der Waals surface area contributed by atoms with Crippen molar-refractivity contribution >= 4 is 0 Å². The van der Waals surface area contributed by atoms with Crippen molar-refractivity contribution in [3.63, 3.8) is 0 Å². The van der Waals surface area contributed by atoms with Crippen molar-refractivity contribution in [2.45, 2.75) is 185 Å². The van der Waals surface area contributed by atoms with Crippen molar-refractivity contribution in [1.29, 1.82) is 0 Å². The summed E-state index contributed by atoms with van der Waals surface area (Å²) in [5, 5.41) is 171. The largest absolute Gasteiger partial charge is 0.394 e. The quantitative estimate of drug-likeness (QED) is 0.0683. The van der Waals surface area contributed by atoms with E-state index in [2.05, 4.69) is 0 Å². The van der Waals surface area contributed by atoms with Crippen LogP contribution in [0.4, 0.5) is 0 Å². The van der Waals surface area contributed by atoms with E-state index >= 15 is 0 Å². The van der Waals surface area contributed by atoms with Gasteiger partial charge in [-0.2, -0.15) is 0 Å². The Bertz CT molecular complexity index is 1480.